The Bertz CT molecular complexity index is 675. The highest BCUT2D eigenvalue weighted by molar-refractivity contribution is 6.31. The molecule has 122 valence electrons. The molecule has 0 spiro atoms. The standard InChI is InChI=1S/C16H19ClN4O2/c1-23-14-7-4-5-12(17)11(14)9-15(22)21-8-3-2-6-13(21)16-18-10-19-20-16/h4-5,7,10,13H,2-3,6,8-9H2,1H3,(H,18,19,20)/t13-/m0/s1. The van der Waals surface area contributed by atoms with E-state index in [1.807, 2.05) is 17.0 Å². The number of hydrogen-bond acceptors (Lipinski definition) is 4. The quantitative estimate of drug-likeness (QED) is 0.933. The Morgan fingerprint density at radius 3 is 3.09 bits per heavy atom. The van der Waals surface area contributed by atoms with Crippen molar-refractivity contribution in [1.29, 1.82) is 0 Å². The number of benzene rings is 1. The number of aromatic nitrogens is 3. The Hall–Kier alpha value is -2.08. The van der Waals surface area contributed by atoms with Crippen molar-refractivity contribution in [3.8, 4) is 5.75 Å². The van der Waals surface area contributed by atoms with Crippen molar-refractivity contribution in [1.82, 2.24) is 20.1 Å². The first kappa shape index (κ1) is 15.8. The number of amides is 1. The maximum Gasteiger partial charge on any atom is 0.227 e. The zero-order valence-electron chi connectivity index (χ0n) is 13.0. The second kappa shape index (κ2) is 7.00. The van der Waals surface area contributed by atoms with Crippen molar-refractivity contribution in [2.24, 2.45) is 0 Å². The van der Waals surface area contributed by atoms with Crippen LogP contribution in [0.15, 0.2) is 24.5 Å². The zero-order valence-corrected chi connectivity index (χ0v) is 13.7. The minimum atomic E-state index is -0.0489. The fraction of sp³-hybridized carbons (Fsp3) is 0.438. The van der Waals surface area contributed by atoms with Crippen LogP contribution in [0.4, 0.5) is 0 Å². The van der Waals surface area contributed by atoms with E-state index < -0.39 is 0 Å². The van der Waals surface area contributed by atoms with Gasteiger partial charge in [-0.1, -0.05) is 17.7 Å². The molecule has 1 amide bonds. The Morgan fingerprint density at radius 2 is 2.35 bits per heavy atom. The lowest BCUT2D eigenvalue weighted by Crippen LogP contribution is -2.40. The second-order valence-electron chi connectivity index (χ2n) is 5.57. The van der Waals surface area contributed by atoms with Gasteiger partial charge in [-0.25, -0.2) is 4.98 Å². The number of carbonyl (C=O) groups excluding carboxylic acids is 1. The smallest absolute Gasteiger partial charge is 0.227 e. The molecule has 23 heavy (non-hydrogen) atoms. The van der Waals surface area contributed by atoms with Crippen LogP contribution in [0.1, 0.15) is 36.7 Å². The minimum Gasteiger partial charge on any atom is -0.496 e. The molecule has 1 aromatic heterocycles. The highest BCUT2D eigenvalue weighted by Crippen LogP contribution is 2.31. The minimum absolute atomic E-state index is 0.0255. The summed E-state index contributed by atoms with van der Waals surface area (Å²) in [6, 6.07) is 5.36. The van der Waals surface area contributed by atoms with Gasteiger partial charge in [-0.15, -0.1) is 0 Å². The van der Waals surface area contributed by atoms with Gasteiger partial charge in [0, 0.05) is 17.1 Å². The molecule has 2 aromatic rings. The summed E-state index contributed by atoms with van der Waals surface area (Å²) in [7, 11) is 1.58. The SMILES string of the molecule is COc1cccc(Cl)c1CC(=O)N1CCCC[C@H]1c1ncn[nH]1. The first-order valence-corrected chi connectivity index (χ1v) is 8.04. The molecule has 1 N–H and O–H groups in total. The number of methoxy groups -OCH3 is 1. The molecular weight excluding hydrogens is 316 g/mol. The van der Waals surface area contributed by atoms with Gasteiger partial charge in [0.25, 0.3) is 0 Å². The van der Waals surface area contributed by atoms with E-state index in [1.54, 1.807) is 13.2 Å². The van der Waals surface area contributed by atoms with E-state index in [2.05, 4.69) is 15.2 Å². The molecule has 3 rings (SSSR count). The van der Waals surface area contributed by atoms with Crippen molar-refractivity contribution < 1.29 is 9.53 Å². The van der Waals surface area contributed by atoms with E-state index in [0.29, 0.717) is 10.8 Å². The first-order valence-electron chi connectivity index (χ1n) is 7.67. The fourth-order valence-corrected chi connectivity index (χ4v) is 3.28. The van der Waals surface area contributed by atoms with Crippen molar-refractivity contribution in [2.45, 2.75) is 31.7 Å². The summed E-state index contributed by atoms with van der Waals surface area (Å²) in [6.45, 7) is 0.719. The average Bonchev–Trinajstić information content (AvgIpc) is 3.11. The number of likely N-dealkylation sites (tertiary alicyclic amines) is 1. The largest absolute Gasteiger partial charge is 0.496 e. The van der Waals surface area contributed by atoms with Crippen molar-refractivity contribution in [3.05, 3.63) is 40.9 Å². The molecule has 1 fully saturated rings. The average molecular weight is 335 g/mol. The summed E-state index contributed by atoms with van der Waals surface area (Å²) in [4.78, 5) is 18.9. The van der Waals surface area contributed by atoms with Crippen molar-refractivity contribution in [2.75, 3.05) is 13.7 Å². The molecule has 0 radical (unpaired) electrons. The van der Waals surface area contributed by atoms with Crippen LogP contribution >= 0.6 is 11.6 Å². The van der Waals surface area contributed by atoms with Crippen LogP contribution in [-0.2, 0) is 11.2 Å². The van der Waals surface area contributed by atoms with Crippen LogP contribution in [0, 0.1) is 0 Å². The van der Waals surface area contributed by atoms with Crippen LogP contribution in [0.2, 0.25) is 5.02 Å². The number of ether oxygens (including phenoxy) is 1. The highest BCUT2D eigenvalue weighted by Gasteiger charge is 2.30. The number of halogens is 1. The van der Waals surface area contributed by atoms with Gasteiger partial charge in [-0.2, -0.15) is 5.10 Å². The number of H-pyrrole nitrogens is 1. The van der Waals surface area contributed by atoms with Gasteiger partial charge < -0.3 is 9.64 Å². The van der Waals surface area contributed by atoms with Gasteiger partial charge in [0.2, 0.25) is 5.91 Å². The van der Waals surface area contributed by atoms with Crippen molar-refractivity contribution >= 4 is 17.5 Å². The van der Waals surface area contributed by atoms with E-state index in [1.165, 1.54) is 6.33 Å². The van der Waals surface area contributed by atoms with Crippen LogP contribution in [0.25, 0.3) is 0 Å². The molecule has 1 saturated heterocycles. The first-order chi connectivity index (χ1) is 11.2. The number of rotatable bonds is 4. The molecule has 2 heterocycles. The number of aromatic amines is 1. The van der Waals surface area contributed by atoms with E-state index in [0.717, 1.165) is 37.2 Å². The number of nitrogens with zero attached hydrogens (tertiary/aromatic N) is 3. The molecule has 0 bridgehead atoms. The maximum atomic E-state index is 12.8. The monoisotopic (exact) mass is 334 g/mol. The van der Waals surface area contributed by atoms with E-state index >= 15 is 0 Å². The number of carbonyl (C=O) groups is 1. The van der Waals surface area contributed by atoms with Gasteiger partial charge in [-0.3, -0.25) is 9.89 Å². The number of nitrogens with one attached hydrogen (secondary N) is 1. The summed E-state index contributed by atoms with van der Waals surface area (Å²) < 4.78 is 5.33. The van der Waals surface area contributed by atoms with Gasteiger partial charge in [0.15, 0.2) is 0 Å². The van der Waals surface area contributed by atoms with E-state index in [4.69, 9.17) is 16.3 Å². The molecular formula is C16H19ClN4O2. The van der Waals surface area contributed by atoms with Gasteiger partial charge in [0.1, 0.15) is 17.9 Å². The van der Waals surface area contributed by atoms with Crippen LogP contribution in [-0.4, -0.2) is 39.6 Å². The Labute approximate surface area is 139 Å². The molecule has 0 aliphatic carbocycles. The molecule has 7 heteroatoms. The Morgan fingerprint density at radius 1 is 1.48 bits per heavy atom. The topological polar surface area (TPSA) is 71.1 Å². The van der Waals surface area contributed by atoms with Crippen LogP contribution in [0.5, 0.6) is 5.75 Å². The third-order valence-corrected chi connectivity index (χ3v) is 4.55. The third kappa shape index (κ3) is 3.32. The highest BCUT2D eigenvalue weighted by atomic mass is 35.5. The normalized spacial score (nSPS) is 18.0. The van der Waals surface area contributed by atoms with Gasteiger partial charge in [-0.05, 0) is 31.4 Å². The number of hydrogen-bond donors (Lipinski definition) is 1. The summed E-state index contributed by atoms with van der Waals surface area (Å²) in [5, 5.41) is 7.33. The number of piperidine rings is 1. The summed E-state index contributed by atoms with van der Waals surface area (Å²) in [5.74, 6) is 1.40. The predicted octanol–water partition coefficient (Wildman–Crippen LogP) is 2.76. The molecule has 1 aromatic carbocycles. The lowest BCUT2D eigenvalue weighted by Gasteiger charge is -2.34. The van der Waals surface area contributed by atoms with E-state index in [9.17, 15) is 4.79 Å². The molecule has 1 aliphatic heterocycles. The van der Waals surface area contributed by atoms with Crippen LogP contribution < -0.4 is 4.74 Å². The molecule has 0 saturated carbocycles. The zero-order chi connectivity index (χ0) is 16.2. The molecule has 1 atom stereocenters. The Balaban J connectivity index is 1.82. The lowest BCUT2D eigenvalue weighted by atomic mass is 10.00. The van der Waals surface area contributed by atoms with Gasteiger partial charge >= 0.3 is 0 Å². The molecule has 6 nitrogen and oxygen atoms in total. The summed E-state index contributed by atoms with van der Waals surface area (Å²) in [6.07, 6.45) is 4.65. The Kier molecular flexibility index (Phi) is 4.81. The molecule has 0 unspecified atom stereocenters. The van der Waals surface area contributed by atoms with Crippen molar-refractivity contribution in [3.63, 3.8) is 0 Å². The van der Waals surface area contributed by atoms with E-state index in [-0.39, 0.29) is 18.4 Å². The summed E-state index contributed by atoms with van der Waals surface area (Å²) in [5.41, 5.74) is 0.726. The lowest BCUT2D eigenvalue weighted by molar-refractivity contribution is -0.134. The predicted molar refractivity (Wildman–Crippen MR) is 86.4 cm³/mol. The summed E-state index contributed by atoms with van der Waals surface area (Å²) >= 11 is 6.25. The van der Waals surface area contributed by atoms with Crippen LogP contribution in [0.3, 0.4) is 0 Å². The maximum absolute atomic E-state index is 12.8. The molecule has 1 aliphatic rings. The third-order valence-electron chi connectivity index (χ3n) is 4.20. The second-order valence-corrected chi connectivity index (χ2v) is 5.97. The fourth-order valence-electron chi connectivity index (χ4n) is 3.04. The van der Waals surface area contributed by atoms with Gasteiger partial charge in [0.05, 0.1) is 19.6 Å².